The van der Waals surface area contributed by atoms with Gasteiger partial charge in [0.2, 0.25) is 4.77 Å². The van der Waals surface area contributed by atoms with Gasteiger partial charge < -0.3 is 4.74 Å². The molecule has 1 aliphatic heterocycles. The van der Waals surface area contributed by atoms with Crippen molar-refractivity contribution in [2.45, 2.75) is 20.5 Å². The Kier molecular flexibility index (Phi) is 4.19. The highest BCUT2D eigenvalue weighted by atomic mass is 32.1. The number of aryl methyl sites for hydroxylation is 2. The summed E-state index contributed by atoms with van der Waals surface area (Å²) in [6.45, 7) is 8.34. The first-order valence-electron chi connectivity index (χ1n) is 7.17. The van der Waals surface area contributed by atoms with Crippen LogP contribution in [0.4, 0.5) is 0 Å². The summed E-state index contributed by atoms with van der Waals surface area (Å²) < 4.78 is 9.95. The van der Waals surface area contributed by atoms with Gasteiger partial charge >= 0.3 is 0 Å². The molecule has 0 amide bonds. The number of morpholine rings is 1. The molecule has 1 aromatic heterocycles. The molecule has 5 nitrogen and oxygen atoms in total. The van der Waals surface area contributed by atoms with Crippen molar-refractivity contribution in [1.82, 2.24) is 19.2 Å². The molecule has 1 fully saturated rings. The van der Waals surface area contributed by atoms with Crippen molar-refractivity contribution in [2.75, 3.05) is 26.3 Å². The summed E-state index contributed by atoms with van der Waals surface area (Å²) in [5, 5.41) is 4.44. The van der Waals surface area contributed by atoms with E-state index in [1.807, 2.05) is 9.25 Å². The second-order valence-corrected chi connectivity index (χ2v) is 5.81. The molecule has 2 heterocycles. The lowest BCUT2D eigenvalue weighted by molar-refractivity contribution is 0.0210. The molecule has 2 aromatic rings. The van der Waals surface area contributed by atoms with Crippen molar-refractivity contribution < 1.29 is 4.74 Å². The molecular formula is C15H20N4OS. The molecule has 21 heavy (non-hydrogen) atoms. The minimum absolute atomic E-state index is 0.722. The Labute approximate surface area is 129 Å². The summed E-state index contributed by atoms with van der Waals surface area (Å²) in [5.41, 5.74) is 3.55. The van der Waals surface area contributed by atoms with Crippen molar-refractivity contribution >= 4 is 12.2 Å². The summed E-state index contributed by atoms with van der Waals surface area (Å²) in [4.78, 5) is 2.30. The Bertz CT molecular complexity index is 685. The molecule has 1 aromatic carbocycles. The van der Waals surface area contributed by atoms with Crippen LogP contribution in [-0.4, -0.2) is 45.6 Å². The van der Waals surface area contributed by atoms with Gasteiger partial charge in [0, 0.05) is 13.1 Å². The van der Waals surface area contributed by atoms with Gasteiger partial charge in [0.05, 0.1) is 25.6 Å². The number of nitrogens with zero attached hydrogens (tertiary/aromatic N) is 4. The highest BCUT2D eigenvalue weighted by Gasteiger charge is 2.13. The normalized spacial score (nSPS) is 16.3. The van der Waals surface area contributed by atoms with Crippen molar-refractivity contribution in [3.05, 3.63) is 40.4 Å². The Hall–Kier alpha value is -1.50. The van der Waals surface area contributed by atoms with Crippen LogP contribution in [0.1, 0.15) is 11.1 Å². The largest absolute Gasteiger partial charge is 0.379 e. The monoisotopic (exact) mass is 304 g/mol. The third-order valence-electron chi connectivity index (χ3n) is 3.78. The Morgan fingerprint density at radius 1 is 1.24 bits per heavy atom. The second kappa shape index (κ2) is 6.09. The topological polar surface area (TPSA) is 35.2 Å². The summed E-state index contributed by atoms with van der Waals surface area (Å²) in [6.07, 6.45) is 1.81. The van der Waals surface area contributed by atoms with Crippen LogP contribution in [0.15, 0.2) is 24.5 Å². The van der Waals surface area contributed by atoms with Crippen LogP contribution in [0.5, 0.6) is 0 Å². The van der Waals surface area contributed by atoms with E-state index >= 15 is 0 Å². The number of ether oxygens (including phenoxy) is 1. The van der Waals surface area contributed by atoms with Gasteiger partial charge in [-0.25, -0.2) is 4.68 Å². The van der Waals surface area contributed by atoms with Gasteiger partial charge in [0.15, 0.2) is 0 Å². The highest BCUT2D eigenvalue weighted by molar-refractivity contribution is 7.71. The van der Waals surface area contributed by atoms with Crippen LogP contribution in [0, 0.1) is 18.6 Å². The summed E-state index contributed by atoms with van der Waals surface area (Å²) in [7, 11) is 0. The zero-order valence-electron chi connectivity index (χ0n) is 12.5. The first-order valence-corrected chi connectivity index (χ1v) is 7.58. The highest BCUT2D eigenvalue weighted by Crippen LogP contribution is 2.16. The molecule has 0 spiro atoms. The van der Waals surface area contributed by atoms with Crippen LogP contribution < -0.4 is 0 Å². The number of hydrogen-bond acceptors (Lipinski definition) is 4. The maximum absolute atomic E-state index is 5.57. The van der Waals surface area contributed by atoms with E-state index in [2.05, 4.69) is 42.0 Å². The fraction of sp³-hybridized carbons (Fsp3) is 0.467. The third-order valence-corrected chi connectivity index (χ3v) is 4.19. The van der Waals surface area contributed by atoms with Crippen molar-refractivity contribution in [3.63, 3.8) is 0 Å². The van der Waals surface area contributed by atoms with Gasteiger partial charge in [-0.1, -0.05) is 17.7 Å². The number of benzene rings is 1. The molecule has 3 rings (SSSR count). The minimum atomic E-state index is 0.722. The van der Waals surface area contributed by atoms with Gasteiger partial charge in [-0.15, -0.1) is 0 Å². The predicted octanol–water partition coefficient (Wildman–Crippen LogP) is 2.31. The molecule has 0 atom stereocenters. The zero-order chi connectivity index (χ0) is 14.8. The van der Waals surface area contributed by atoms with E-state index in [-0.39, 0.29) is 0 Å². The maximum Gasteiger partial charge on any atom is 0.203 e. The fourth-order valence-corrected chi connectivity index (χ4v) is 2.86. The SMILES string of the molecule is Cc1ccc(-n2cnn(CN3CCOCC3)c2=S)c(C)c1. The molecule has 0 saturated carbocycles. The minimum Gasteiger partial charge on any atom is -0.379 e. The van der Waals surface area contributed by atoms with E-state index in [0.29, 0.717) is 0 Å². The van der Waals surface area contributed by atoms with Crippen molar-refractivity contribution in [3.8, 4) is 5.69 Å². The van der Waals surface area contributed by atoms with E-state index < -0.39 is 0 Å². The smallest absolute Gasteiger partial charge is 0.203 e. The van der Waals surface area contributed by atoms with Gasteiger partial charge in [-0.05, 0) is 37.7 Å². The number of rotatable bonds is 3. The Balaban J connectivity index is 1.86. The summed E-state index contributed by atoms with van der Waals surface area (Å²) in [6, 6.07) is 6.36. The Morgan fingerprint density at radius 2 is 2.00 bits per heavy atom. The van der Waals surface area contributed by atoms with Gasteiger partial charge in [0.1, 0.15) is 6.33 Å². The molecule has 112 valence electrons. The lowest BCUT2D eigenvalue weighted by Gasteiger charge is -2.26. The van der Waals surface area contributed by atoms with Crippen LogP contribution >= 0.6 is 12.2 Å². The molecule has 0 bridgehead atoms. The van der Waals surface area contributed by atoms with Gasteiger partial charge in [0.25, 0.3) is 0 Å². The molecule has 1 saturated heterocycles. The first-order chi connectivity index (χ1) is 10.1. The number of hydrogen-bond donors (Lipinski definition) is 0. The lowest BCUT2D eigenvalue weighted by atomic mass is 10.1. The quantitative estimate of drug-likeness (QED) is 0.815. The molecule has 0 radical (unpaired) electrons. The molecule has 1 aliphatic rings. The van der Waals surface area contributed by atoms with E-state index in [0.717, 1.165) is 43.4 Å². The first kappa shape index (κ1) is 14.4. The van der Waals surface area contributed by atoms with Crippen LogP contribution in [0.25, 0.3) is 5.69 Å². The van der Waals surface area contributed by atoms with Crippen molar-refractivity contribution in [1.29, 1.82) is 0 Å². The average Bonchev–Trinajstić information content (AvgIpc) is 2.82. The third kappa shape index (κ3) is 3.07. The average molecular weight is 304 g/mol. The summed E-state index contributed by atoms with van der Waals surface area (Å²) in [5.74, 6) is 0. The molecule has 6 heteroatoms. The predicted molar refractivity (Wildman–Crippen MR) is 84.3 cm³/mol. The van der Waals surface area contributed by atoms with E-state index in [1.165, 1.54) is 11.1 Å². The zero-order valence-corrected chi connectivity index (χ0v) is 13.3. The lowest BCUT2D eigenvalue weighted by Crippen LogP contribution is -2.37. The van der Waals surface area contributed by atoms with E-state index in [9.17, 15) is 0 Å². The summed E-state index contributed by atoms with van der Waals surface area (Å²) >= 11 is 5.57. The van der Waals surface area contributed by atoms with Crippen molar-refractivity contribution in [2.24, 2.45) is 0 Å². The molecule has 0 aliphatic carbocycles. The number of aromatic nitrogens is 3. The second-order valence-electron chi connectivity index (χ2n) is 5.44. The van der Waals surface area contributed by atoms with E-state index in [4.69, 9.17) is 17.0 Å². The van der Waals surface area contributed by atoms with E-state index in [1.54, 1.807) is 6.33 Å². The van der Waals surface area contributed by atoms with Gasteiger partial charge in [-0.2, -0.15) is 5.10 Å². The standard InChI is InChI=1S/C15H20N4OS/c1-12-3-4-14(13(2)9-12)18-10-16-19(15(18)21)11-17-5-7-20-8-6-17/h3-4,9-10H,5-8,11H2,1-2H3. The maximum atomic E-state index is 5.57. The Morgan fingerprint density at radius 3 is 2.71 bits per heavy atom. The van der Waals surface area contributed by atoms with Crippen LogP contribution in [-0.2, 0) is 11.4 Å². The molecule has 0 unspecified atom stereocenters. The molecular weight excluding hydrogens is 284 g/mol. The van der Waals surface area contributed by atoms with Crippen LogP contribution in [0.3, 0.4) is 0 Å². The van der Waals surface area contributed by atoms with Gasteiger partial charge in [-0.3, -0.25) is 9.47 Å². The molecule has 0 N–H and O–H groups in total. The fourth-order valence-electron chi connectivity index (χ4n) is 2.61. The van der Waals surface area contributed by atoms with Crippen LogP contribution in [0.2, 0.25) is 0 Å².